The van der Waals surface area contributed by atoms with Crippen molar-refractivity contribution in [3.63, 3.8) is 0 Å². The van der Waals surface area contributed by atoms with Gasteiger partial charge >= 0.3 is 5.97 Å². The highest BCUT2D eigenvalue weighted by atomic mass is 19.1. The Morgan fingerprint density at radius 3 is 2.44 bits per heavy atom. The Balaban J connectivity index is 1.53. The lowest BCUT2D eigenvalue weighted by atomic mass is 9.97. The highest BCUT2D eigenvalue weighted by molar-refractivity contribution is 5.79. The molecule has 2 saturated heterocycles. The first-order chi connectivity index (χ1) is 11.9. The molecule has 1 N–H and O–H groups in total. The summed E-state index contributed by atoms with van der Waals surface area (Å²) in [5.74, 6) is -0.914. The Morgan fingerprint density at radius 2 is 1.84 bits per heavy atom. The summed E-state index contributed by atoms with van der Waals surface area (Å²) >= 11 is 0. The molecular weight excluding hydrogens is 323 g/mol. The molecular formula is C19H25FN2O3. The highest BCUT2D eigenvalue weighted by Gasteiger charge is 2.33. The van der Waals surface area contributed by atoms with Crippen molar-refractivity contribution < 1.29 is 19.1 Å². The van der Waals surface area contributed by atoms with E-state index in [1.165, 1.54) is 12.1 Å². The number of aliphatic carboxylic acids is 1. The van der Waals surface area contributed by atoms with Gasteiger partial charge in [-0.3, -0.25) is 14.5 Å². The number of halogens is 1. The molecule has 0 aromatic heterocycles. The van der Waals surface area contributed by atoms with Crippen LogP contribution in [0.2, 0.25) is 0 Å². The minimum Gasteiger partial charge on any atom is -0.481 e. The molecule has 1 aromatic rings. The van der Waals surface area contributed by atoms with E-state index in [4.69, 9.17) is 5.11 Å². The number of carboxylic acids is 1. The largest absolute Gasteiger partial charge is 0.481 e. The van der Waals surface area contributed by atoms with E-state index >= 15 is 0 Å². The van der Waals surface area contributed by atoms with Crippen LogP contribution in [0, 0.1) is 11.7 Å². The van der Waals surface area contributed by atoms with Crippen LogP contribution in [-0.2, 0) is 9.59 Å². The molecule has 1 amide bonds. The van der Waals surface area contributed by atoms with Crippen molar-refractivity contribution in [1.82, 2.24) is 9.80 Å². The van der Waals surface area contributed by atoms with Gasteiger partial charge in [0.15, 0.2) is 0 Å². The van der Waals surface area contributed by atoms with E-state index in [9.17, 15) is 14.0 Å². The smallest absolute Gasteiger partial charge is 0.306 e. The Labute approximate surface area is 147 Å². The van der Waals surface area contributed by atoms with Crippen LogP contribution in [0.1, 0.15) is 37.7 Å². The number of rotatable bonds is 4. The van der Waals surface area contributed by atoms with Crippen molar-refractivity contribution in [3.05, 3.63) is 35.6 Å². The van der Waals surface area contributed by atoms with Gasteiger partial charge in [0.2, 0.25) is 5.91 Å². The van der Waals surface area contributed by atoms with Crippen LogP contribution < -0.4 is 0 Å². The fourth-order valence-corrected chi connectivity index (χ4v) is 3.94. The summed E-state index contributed by atoms with van der Waals surface area (Å²) in [7, 11) is 0. The van der Waals surface area contributed by atoms with E-state index in [0.29, 0.717) is 44.4 Å². The zero-order valence-electron chi connectivity index (χ0n) is 14.5. The Morgan fingerprint density at radius 1 is 1.20 bits per heavy atom. The maximum atomic E-state index is 13.1. The Hall–Kier alpha value is -1.95. The second-order valence-electron chi connectivity index (χ2n) is 7.26. The average molecular weight is 348 g/mol. The lowest BCUT2D eigenvalue weighted by Gasteiger charge is -2.32. The third-order valence-corrected chi connectivity index (χ3v) is 5.58. The van der Waals surface area contributed by atoms with Gasteiger partial charge in [-0.05, 0) is 49.8 Å². The van der Waals surface area contributed by atoms with Gasteiger partial charge in [0.05, 0.1) is 12.5 Å². The van der Waals surface area contributed by atoms with E-state index < -0.39 is 5.97 Å². The van der Waals surface area contributed by atoms with Crippen LogP contribution in [0.5, 0.6) is 0 Å². The summed E-state index contributed by atoms with van der Waals surface area (Å²) in [5.41, 5.74) is 1.12. The number of hydrogen-bond acceptors (Lipinski definition) is 3. The van der Waals surface area contributed by atoms with Crippen molar-refractivity contribution in [2.45, 2.75) is 38.1 Å². The quantitative estimate of drug-likeness (QED) is 0.907. The maximum Gasteiger partial charge on any atom is 0.306 e. The van der Waals surface area contributed by atoms with Gasteiger partial charge in [0.25, 0.3) is 0 Å². The van der Waals surface area contributed by atoms with Gasteiger partial charge in [-0.1, -0.05) is 12.1 Å². The highest BCUT2D eigenvalue weighted by Crippen LogP contribution is 2.31. The molecule has 2 heterocycles. The van der Waals surface area contributed by atoms with Crippen molar-refractivity contribution in [2.24, 2.45) is 5.92 Å². The van der Waals surface area contributed by atoms with Crippen LogP contribution in [0.3, 0.4) is 0 Å². The van der Waals surface area contributed by atoms with E-state index in [0.717, 1.165) is 18.5 Å². The van der Waals surface area contributed by atoms with Gasteiger partial charge in [0, 0.05) is 25.7 Å². The van der Waals surface area contributed by atoms with E-state index in [2.05, 4.69) is 11.8 Å². The minimum absolute atomic E-state index is 0.0791. The third kappa shape index (κ3) is 4.18. The zero-order valence-corrected chi connectivity index (χ0v) is 14.5. The molecule has 0 aliphatic carbocycles. The van der Waals surface area contributed by atoms with Crippen molar-refractivity contribution >= 4 is 11.9 Å². The first kappa shape index (κ1) is 17.9. The number of hydrogen-bond donors (Lipinski definition) is 1. The number of amides is 1. The monoisotopic (exact) mass is 348 g/mol. The molecule has 1 aromatic carbocycles. The van der Waals surface area contributed by atoms with Crippen LogP contribution in [-0.4, -0.2) is 59.0 Å². The normalized spacial score (nSPS) is 25.3. The predicted molar refractivity (Wildman–Crippen MR) is 91.7 cm³/mol. The SMILES string of the molecule is C[C@@H]1C[C@H](c2ccc(F)cc2)CN1CC(=O)N1CCC(C(=O)O)CC1. The molecule has 2 aliphatic heterocycles. The molecule has 0 saturated carbocycles. The lowest BCUT2D eigenvalue weighted by molar-refractivity contribution is -0.146. The Kier molecular flexibility index (Phi) is 5.37. The predicted octanol–water partition coefficient (Wildman–Crippen LogP) is 2.33. The number of carbonyl (C=O) groups excluding carboxylic acids is 1. The van der Waals surface area contributed by atoms with Crippen LogP contribution in [0.15, 0.2) is 24.3 Å². The number of piperidine rings is 1. The first-order valence-corrected chi connectivity index (χ1v) is 8.94. The summed E-state index contributed by atoms with van der Waals surface area (Å²) < 4.78 is 13.1. The number of carboxylic acid groups (broad SMARTS) is 1. The van der Waals surface area contributed by atoms with Crippen LogP contribution >= 0.6 is 0 Å². The molecule has 0 spiro atoms. The van der Waals surface area contributed by atoms with Gasteiger partial charge in [0.1, 0.15) is 5.82 Å². The molecule has 5 nitrogen and oxygen atoms in total. The molecule has 3 rings (SSSR count). The second kappa shape index (κ2) is 7.52. The van der Waals surface area contributed by atoms with Crippen LogP contribution in [0.4, 0.5) is 4.39 Å². The number of nitrogens with zero attached hydrogens (tertiary/aromatic N) is 2. The second-order valence-corrected chi connectivity index (χ2v) is 7.26. The molecule has 6 heteroatoms. The first-order valence-electron chi connectivity index (χ1n) is 8.94. The molecule has 0 radical (unpaired) electrons. The molecule has 25 heavy (non-hydrogen) atoms. The molecule has 0 bridgehead atoms. The maximum absolute atomic E-state index is 13.1. The van der Waals surface area contributed by atoms with E-state index in [1.54, 1.807) is 4.90 Å². The number of carbonyl (C=O) groups is 2. The number of likely N-dealkylation sites (tertiary alicyclic amines) is 2. The molecule has 0 unspecified atom stereocenters. The van der Waals surface area contributed by atoms with Gasteiger partial charge < -0.3 is 10.0 Å². The summed E-state index contributed by atoms with van der Waals surface area (Å²) in [6.45, 7) is 4.34. The molecule has 2 fully saturated rings. The van der Waals surface area contributed by atoms with Gasteiger partial charge in [-0.25, -0.2) is 4.39 Å². The average Bonchev–Trinajstić information content (AvgIpc) is 2.96. The van der Waals surface area contributed by atoms with Gasteiger partial charge in [-0.15, -0.1) is 0 Å². The molecule has 2 atom stereocenters. The summed E-state index contributed by atoms with van der Waals surface area (Å²) in [6.07, 6.45) is 2.03. The van der Waals surface area contributed by atoms with Gasteiger partial charge in [-0.2, -0.15) is 0 Å². The summed E-state index contributed by atoms with van der Waals surface area (Å²) in [6, 6.07) is 6.93. The third-order valence-electron chi connectivity index (χ3n) is 5.58. The van der Waals surface area contributed by atoms with Crippen molar-refractivity contribution in [2.75, 3.05) is 26.2 Å². The summed E-state index contributed by atoms with van der Waals surface area (Å²) in [5, 5.41) is 9.05. The zero-order chi connectivity index (χ0) is 18.0. The fourth-order valence-electron chi connectivity index (χ4n) is 3.94. The van der Waals surface area contributed by atoms with E-state index in [-0.39, 0.29) is 17.6 Å². The lowest BCUT2D eigenvalue weighted by Crippen LogP contribution is -2.45. The standard InChI is InChI=1S/C19H25FN2O3/c1-13-10-16(14-2-4-17(20)5-3-14)11-22(13)12-18(23)21-8-6-15(7-9-21)19(24)25/h2-5,13,15-16H,6-12H2,1H3,(H,24,25)/t13-,16+/m1/s1. The fraction of sp³-hybridized carbons (Fsp3) is 0.579. The van der Waals surface area contributed by atoms with Crippen molar-refractivity contribution in [1.29, 1.82) is 0 Å². The minimum atomic E-state index is -0.762. The van der Waals surface area contributed by atoms with E-state index in [1.807, 2.05) is 12.1 Å². The Bertz CT molecular complexity index is 626. The van der Waals surface area contributed by atoms with Crippen LogP contribution in [0.25, 0.3) is 0 Å². The molecule has 136 valence electrons. The molecule has 2 aliphatic rings. The van der Waals surface area contributed by atoms with Crippen molar-refractivity contribution in [3.8, 4) is 0 Å². The topological polar surface area (TPSA) is 60.9 Å². The summed E-state index contributed by atoms with van der Waals surface area (Å²) in [4.78, 5) is 27.5. The number of benzene rings is 1.